The SMILES string of the molecule is CS(=O)(=O)CCNc1cc(Cl)c(F)c(Cl)c1. The molecule has 0 aromatic heterocycles. The minimum Gasteiger partial charge on any atom is -0.384 e. The third-order valence-corrected chi connectivity index (χ3v) is 3.28. The van der Waals surface area contributed by atoms with Crippen LogP contribution in [0.1, 0.15) is 0 Å². The Balaban J connectivity index is 2.69. The van der Waals surface area contributed by atoms with E-state index in [1.165, 1.54) is 12.1 Å². The van der Waals surface area contributed by atoms with Gasteiger partial charge in [-0.15, -0.1) is 0 Å². The Hall–Kier alpha value is -0.520. The summed E-state index contributed by atoms with van der Waals surface area (Å²) < 4.78 is 34.7. The molecule has 0 amide bonds. The average molecular weight is 286 g/mol. The van der Waals surface area contributed by atoms with Gasteiger partial charge in [-0.2, -0.15) is 0 Å². The molecule has 1 rings (SSSR count). The molecule has 0 atom stereocenters. The number of nitrogens with one attached hydrogen (secondary N) is 1. The summed E-state index contributed by atoms with van der Waals surface area (Å²) in [7, 11) is -3.03. The van der Waals surface area contributed by atoms with Gasteiger partial charge in [0.1, 0.15) is 9.84 Å². The number of hydrogen-bond acceptors (Lipinski definition) is 3. The lowest BCUT2D eigenvalue weighted by Crippen LogP contribution is -2.14. The Morgan fingerprint density at radius 1 is 1.31 bits per heavy atom. The Bertz CT molecular complexity index is 467. The molecule has 1 N–H and O–H groups in total. The third kappa shape index (κ3) is 4.15. The van der Waals surface area contributed by atoms with Gasteiger partial charge in [0.05, 0.1) is 15.8 Å². The second-order valence-electron chi connectivity index (χ2n) is 3.31. The number of sulfone groups is 1. The van der Waals surface area contributed by atoms with Gasteiger partial charge in [0.15, 0.2) is 5.82 Å². The normalized spacial score (nSPS) is 11.5. The quantitative estimate of drug-likeness (QED) is 0.865. The second-order valence-corrected chi connectivity index (χ2v) is 6.38. The van der Waals surface area contributed by atoms with Crippen molar-refractivity contribution in [2.24, 2.45) is 0 Å². The van der Waals surface area contributed by atoms with E-state index in [0.717, 1.165) is 6.26 Å². The van der Waals surface area contributed by atoms with Crippen LogP contribution in [-0.4, -0.2) is 27.0 Å². The van der Waals surface area contributed by atoms with Crippen molar-refractivity contribution in [1.29, 1.82) is 0 Å². The lowest BCUT2D eigenvalue weighted by Gasteiger charge is -2.07. The van der Waals surface area contributed by atoms with Crippen molar-refractivity contribution in [2.75, 3.05) is 23.9 Å². The zero-order valence-corrected chi connectivity index (χ0v) is 10.8. The van der Waals surface area contributed by atoms with E-state index in [0.29, 0.717) is 5.69 Å². The number of hydrogen-bond donors (Lipinski definition) is 1. The van der Waals surface area contributed by atoms with Crippen LogP contribution in [-0.2, 0) is 9.84 Å². The molecule has 0 fully saturated rings. The van der Waals surface area contributed by atoms with E-state index in [2.05, 4.69) is 5.32 Å². The summed E-state index contributed by atoms with van der Waals surface area (Å²) in [6, 6.07) is 2.70. The molecule has 0 aliphatic heterocycles. The zero-order chi connectivity index (χ0) is 12.3. The van der Waals surface area contributed by atoms with Gasteiger partial charge in [-0.25, -0.2) is 12.8 Å². The first-order valence-electron chi connectivity index (χ1n) is 4.36. The summed E-state index contributed by atoms with van der Waals surface area (Å²) in [5.74, 6) is -0.698. The summed E-state index contributed by atoms with van der Waals surface area (Å²) in [4.78, 5) is 0. The molecule has 0 saturated heterocycles. The maximum Gasteiger partial charge on any atom is 0.160 e. The van der Waals surface area contributed by atoms with E-state index in [4.69, 9.17) is 23.2 Å². The smallest absolute Gasteiger partial charge is 0.160 e. The van der Waals surface area contributed by atoms with Gasteiger partial charge < -0.3 is 5.32 Å². The minimum absolute atomic E-state index is 0.0143. The summed E-state index contributed by atoms with van der Waals surface area (Å²) >= 11 is 11.1. The minimum atomic E-state index is -3.03. The molecule has 1 aromatic rings. The fourth-order valence-electron chi connectivity index (χ4n) is 1.04. The highest BCUT2D eigenvalue weighted by atomic mass is 35.5. The molecule has 0 unspecified atom stereocenters. The van der Waals surface area contributed by atoms with Gasteiger partial charge in [0, 0.05) is 18.5 Å². The Kier molecular flexibility index (Phi) is 4.41. The van der Waals surface area contributed by atoms with E-state index in [-0.39, 0.29) is 22.3 Å². The van der Waals surface area contributed by atoms with Crippen molar-refractivity contribution in [2.45, 2.75) is 0 Å². The first-order valence-corrected chi connectivity index (χ1v) is 7.17. The predicted molar refractivity (Wildman–Crippen MR) is 64.6 cm³/mol. The van der Waals surface area contributed by atoms with Crippen molar-refractivity contribution in [3.05, 3.63) is 28.0 Å². The molecule has 0 spiro atoms. The highest BCUT2D eigenvalue weighted by Gasteiger charge is 2.08. The Morgan fingerprint density at radius 2 is 1.81 bits per heavy atom. The van der Waals surface area contributed by atoms with Crippen LogP contribution in [0.5, 0.6) is 0 Å². The number of benzene rings is 1. The van der Waals surface area contributed by atoms with Crippen LogP contribution in [0, 0.1) is 5.82 Å². The molecule has 0 aliphatic carbocycles. The van der Waals surface area contributed by atoms with E-state index in [9.17, 15) is 12.8 Å². The first-order chi connectivity index (χ1) is 7.29. The number of rotatable bonds is 4. The van der Waals surface area contributed by atoms with Crippen LogP contribution in [0.25, 0.3) is 0 Å². The number of halogens is 3. The van der Waals surface area contributed by atoms with Crippen LogP contribution in [0.2, 0.25) is 10.0 Å². The summed E-state index contributed by atoms with van der Waals surface area (Å²) in [6.45, 7) is 0.219. The predicted octanol–water partition coefficient (Wildman–Crippen LogP) is 2.59. The maximum atomic E-state index is 13.0. The van der Waals surface area contributed by atoms with Gasteiger partial charge in [-0.05, 0) is 12.1 Å². The van der Waals surface area contributed by atoms with Crippen LogP contribution in [0.4, 0.5) is 10.1 Å². The van der Waals surface area contributed by atoms with Crippen LogP contribution in [0.15, 0.2) is 12.1 Å². The van der Waals surface area contributed by atoms with E-state index in [1.807, 2.05) is 0 Å². The Labute approximate surface area is 103 Å². The molecule has 0 saturated carbocycles. The molecule has 0 radical (unpaired) electrons. The Morgan fingerprint density at radius 3 is 2.25 bits per heavy atom. The van der Waals surface area contributed by atoms with Gasteiger partial charge in [-0.1, -0.05) is 23.2 Å². The molecule has 0 heterocycles. The van der Waals surface area contributed by atoms with Crippen LogP contribution >= 0.6 is 23.2 Å². The monoisotopic (exact) mass is 285 g/mol. The average Bonchev–Trinajstić information content (AvgIpc) is 2.12. The summed E-state index contributed by atoms with van der Waals surface area (Å²) in [6.07, 6.45) is 1.14. The second kappa shape index (κ2) is 5.21. The van der Waals surface area contributed by atoms with Crippen molar-refractivity contribution < 1.29 is 12.8 Å². The molecular formula is C9H10Cl2FNO2S. The van der Waals surface area contributed by atoms with Crippen molar-refractivity contribution in [3.63, 3.8) is 0 Å². The molecular weight excluding hydrogens is 276 g/mol. The molecule has 7 heteroatoms. The largest absolute Gasteiger partial charge is 0.384 e. The topological polar surface area (TPSA) is 46.2 Å². The van der Waals surface area contributed by atoms with E-state index in [1.54, 1.807) is 0 Å². The van der Waals surface area contributed by atoms with Gasteiger partial charge in [0.2, 0.25) is 0 Å². The highest BCUT2D eigenvalue weighted by Crippen LogP contribution is 2.27. The van der Waals surface area contributed by atoms with E-state index < -0.39 is 15.7 Å². The van der Waals surface area contributed by atoms with Crippen molar-refractivity contribution in [3.8, 4) is 0 Å². The molecule has 0 bridgehead atoms. The summed E-state index contributed by atoms with van der Waals surface area (Å²) in [5.41, 5.74) is 0.486. The van der Waals surface area contributed by atoms with Gasteiger partial charge in [-0.3, -0.25) is 0 Å². The van der Waals surface area contributed by atoms with Crippen LogP contribution in [0.3, 0.4) is 0 Å². The number of anilines is 1. The highest BCUT2D eigenvalue weighted by molar-refractivity contribution is 7.90. The van der Waals surface area contributed by atoms with Crippen LogP contribution < -0.4 is 5.32 Å². The van der Waals surface area contributed by atoms with Crippen molar-refractivity contribution in [1.82, 2.24) is 0 Å². The fraction of sp³-hybridized carbons (Fsp3) is 0.333. The van der Waals surface area contributed by atoms with E-state index >= 15 is 0 Å². The van der Waals surface area contributed by atoms with Gasteiger partial charge >= 0.3 is 0 Å². The molecule has 0 aliphatic rings. The zero-order valence-electron chi connectivity index (χ0n) is 8.43. The lowest BCUT2D eigenvalue weighted by atomic mass is 10.3. The summed E-state index contributed by atoms with van der Waals surface area (Å²) in [5, 5.41) is 2.59. The van der Waals surface area contributed by atoms with Gasteiger partial charge in [0.25, 0.3) is 0 Å². The van der Waals surface area contributed by atoms with Crippen molar-refractivity contribution >= 4 is 38.7 Å². The molecule has 1 aromatic carbocycles. The molecule has 90 valence electrons. The molecule has 16 heavy (non-hydrogen) atoms. The fourth-order valence-corrected chi connectivity index (χ4v) is 2.00. The standard InChI is InChI=1S/C9H10Cl2FNO2S/c1-16(14,15)3-2-13-6-4-7(10)9(12)8(11)5-6/h4-5,13H,2-3H2,1H3. The lowest BCUT2D eigenvalue weighted by molar-refractivity contribution is 0.602. The molecule has 3 nitrogen and oxygen atoms in total. The first kappa shape index (κ1) is 13.5. The third-order valence-electron chi connectivity index (χ3n) is 1.79. The maximum absolute atomic E-state index is 13.0.